The van der Waals surface area contributed by atoms with Crippen molar-refractivity contribution in [2.45, 2.75) is 19.4 Å². The molecule has 0 saturated carbocycles. The van der Waals surface area contributed by atoms with Gasteiger partial charge < -0.3 is 9.80 Å². The fourth-order valence-corrected chi connectivity index (χ4v) is 4.07. The van der Waals surface area contributed by atoms with E-state index in [0.29, 0.717) is 40.1 Å². The zero-order valence-electron chi connectivity index (χ0n) is 13.1. The average molecular weight is 383 g/mol. The number of benzene rings is 1. The van der Waals surface area contributed by atoms with Gasteiger partial charge in [0, 0.05) is 29.9 Å². The van der Waals surface area contributed by atoms with Crippen LogP contribution in [-0.4, -0.2) is 30.3 Å². The van der Waals surface area contributed by atoms with E-state index in [2.05, 4.69) is 0 Å². The summed E-state index contributed by atoms with van der Waals surface area (Å²) >= 11 is 13.5. The maximum Gasteiger partial charge on any atom is 0.256 e. The maximum atomic E-state index is 12.9. The summed E-state index contributed by atoms with van der Waals surface area (Å²) in [6.45, 7) is 1.08. The van der Waals surface area contributed by atoms with E-state index in [1.165, 1.54) is 11.3 Å². The van der Waals surface area contributed by atoms with Gasteiger partial charge in [-0.05, 0) is 36.8 Å². The fourth-order valence-electron chi connectivity index (χ4n) is 2.76. The highest BCUT2D eigenvalue weighted by Crippen LogP contribution is 2.30. The first kappa shape index (κ1) is 17.3. The summed E-state index contributed by atoms with van der Waals surface area (Å²) in [5, 5.41) is 0.508. The highest BCUT2D eigenvalue weighted by Gasteiger charge is 2.27. The monoisotopic (exact) mass is 382 g/mol. The van der Waals surface area contributed by atoms with E-state index in [1.54, 1.807) is 35.0 Å². The molecule has 1 fully saturated rings. The Morgan fingerprint density at radius 2 is 2.08 bits per heavy atom. The Kier molecular flexibility index (Phi) is 5.13. The highest BCUT2D eigenvalue weighted by atomic mass is 35.5. The molecule has 1 aliphatic rings. The molecule has 0 bridgehead atoms. The van der Waals surface area contributed by atoms with Gasteiger partial charge >= 0.3 is 0 Å². The molecule has 7 heteroatoms. The summed E-state index contributed by atoms with van der Waals surface area (Å²) in [6.07, 6.45) is 1.30. The van der Waals surface area contributed by atoms with E-state index in [1.807, 2.05) is 12.1 Å². The predicted octanol–water partition coefficient (Wildman–Crippen LogP) is 4.45. The molecule has 0 spiro atoms. The van der Waals surface area contributed by atoms with E-state index in [9.17, 15) is 9.59 Å². The van der Waals surface area contributed by atoms with Crippen LogP contribution in [0.5, 0.6) is 0 Å². The van der Waals surface area contributed by atoms with Crippen LogP contribution in [0.1, 0.15) is 28.1 Å². The van der Waals surface area contributed by atoms with Gasteiger partial charge in [0.2, 0.25) is 5.91 Å². The molecule has 0 unspecified atom stereocenters. The van der Waals surface area contributed by atoms with E-state index in [0.717, 1.165) is 11.3 Å². The van der Waals surface area contributed by atoms with Crippen LogP contribution in [0, 0.1) is 0 Å². The number of carbonyl (C=O) groups is 2. The molecular formula is C17H16Cl2N2O2S. The molecule has 3 rings (SSSR count). The van der Waals surface area contributed by atoms with Crippen molar-refractivity contribution in [2.75, 3.05) is 18.5 Å². The van der Waals surface area contributed by atoms with Crippen LogP contribution in [0.2, 0.25) is 9.36 Å². The van der Waals surface area contributed by atoms with Gasteiger partial charge in [-0.15, -0.1) is 11.3 Å². The van der Waals surface area contributed by atoms with Crippen LogP contribution in [0.25, 0.3) is 0 Å². The Hall–Kier alpha value is -1.56. The van der Waals surface area contributed by atoms with Crippen molar-refractivity contribution in [1.82, 2.24) is 4.90 Å². The second kappa shape index (κ2) is 7.13. The molecule has 126 valence electrons. The number of hydrogen-bond acceptors (Lipinski definition) is 3. The normalized spacial score (nSPS) is 14.3. The molecule has 24 heavy (non-hydrogen) atoms. The largest absolute Gasteiger partial charge is 0.336 e. The smallest absolute Gasteiger partial charge is 0.256 e. The molecule has 1 aromatic heterocycles. The number of thiophene rings is 1. The van der Waals surface area contributed by atoms with Gasteiger partial charge in [-0.1, -0.05) is 23.2 Å². The van der Waals surface area contributed by atoms with Crippen LogP contribution in [-0.2, 0) is 11.3 Å². The van der Waals surface area contributed by atoms with Crippen molar-refractivity contribution in [3.63, 3.8) is 0 Å². The van der Waals surface area contributed by atoms with Gasteiger partial charge in [-0.25, -0.2) is 0 Å². The summed E-state index contributed by atoms with van der Waals surface area (Å²) in [6, 6.07) is 8.77. The Labute approximate surface area is 154 Å². The molecule has 2 amide bonds. The van der Waals surface area contributed by atoms with Gasteiger partial charge in [-0.2, -0.15) is 0 Å². The van der Waals surface area contributed by atoms with Crippen molar-refractivity contribution in [1.29, 1.82) is 0 Å². The minimum absolute atomic E-state index is 0.0269. The molecule has 1 aliphatic heterocycles. The molecule has 2 heterocycles. The maximum absolute atomic E-state index is 12.9. The minimum atomic E-state index is -0.147. The summed E-state index contributed by atoms with van der Waals surface area (Å²) in [5.41, 5.74) is 1.07. The third-order valence-electron chi connectivity index (χ3n) is 3.92. The van der Waals surface area contributed by atoms with Gasteiger partial charge in [0.05, 0.1) is 22.1 Å². The third kappa shape index (κ3) is 3.58. The lowest BCUT2D eigenvalue weighted by Gasteiger charge is -2.23. The molecule has 0 N–H and O–H groups in total. The lowest BCUT2D eigenvalue weighted by molar-refractivity contribution is -0.117. The highest BCUT2D eigenvalue weighted by molar-refractivity contribution is 7.16. The second-order valence-corrected chi connectivity index (χ2v) is 7.91. The molecule has 1 saturated heterocycles. The third-order valence-corrected chi connectivity index (χ3v) is 5.37. The van der Waals surface area contributed by atoms with Gasteiger partial charge in [0.15, 0.2) is 0 Å². The standard InChI is InChI=1S/C17H16Cl2N2O2S/c1-20(10-12-5-7-15(19)24-12)17(23)13-6-4-11(18)9-14(13)21-8-2-3-16(21)22/h4-7,9H,2-3,8,10H2,1H3. The van der Waals surface area contributed by atoms with Crippen LogP contribution >= 0.6 is 34.5 Å². The summed E-state index contributed by atoms with van der Waals surface area (Å²) < 4.78 is 0.695. The first-order chi connectivity index (χ1) is 11.5. The van der Waals surface area contributed by atoms with Gasteiger partial charge in [0.25, 0.3) is 5.91 Å². The zero-order valence-corrected chi connectivity index (χ0v) is 15.4. The van der Waals surface area contributed by atoms with Crippen molar-refractivity contribution in [2.24, 2.45) is 0 Å². The lowest BCUT2D eigenvalue weighted by atomic mass is 10.1. The molecular weight excluding hydrogens is 367 g/mol. The van der Waals surface area contributed by atoms with Crippen LogP contribution in [0.15, 0.2) is 30.3 Å². The molecule has 1 aromatic carbocycles. The number of nitrogens with zero attached hydrogens (tertiary/aromatic N) is 2. The number of anilines is 1. The number of halogens is 2. The Morgan fingerprint density at radius 3 is 2.71 bits per heavy atom. The Morgan fingerprint density at radius 1 is 1.29 bits per heavy atom. The van der Waals surface area contributed by atoms with Crippen molar-refractivity contribution in [3.8, 4) is 0 Å². The number of amides is 2. The van der Waals surface area contributed by atoms with Crippen LogP contribution in [0.4, 0.5) is 5.69 Å². The Balaban J connectivity index is 1.87. The van der Waals surface area contributed by atoms with Crippen LogP contribution < -0.4 is 4.90 Å². The topological polar surface area (TPSA) is 40.6 Å². The summed E-state index contributed by atoms with van der Waals surface area (Å²) in [7, 11) is 1.74. The quantitative estimate of drug-likeness (QED) is 0.783. The predicted molar refractivity (Wildman–Crippen MR) is 98.2 cm³/mol. The van der Waals surface area contributed by atoms with Gasteiger partial charge in [0.1, 0.15) is 0 Å². The molecule has 0 radical (unpaired) electrons. The molecule has 0 atom stereocenters. The SMILES string of the molecule is CN(Cc1ccc(Cl)s1)C(=O)c1ccc(Cl)cc1N1CCCC1=O. The average Bonchev–Trinajstić information content (AvgIpc) is 3.15. The number of hydrogen-bond donors (Lipinski definition) is 0. The van der Waals surface area contributed by atoms with Crippen molar-refractivity contribution >= 4 is 52.0 Å². The van der Waals surface area contributed by atoms with E-state index >= 15 is 0 Å². The van der Waals surface area contributed by atoms with Crippen LogP contribution in [0.3, 0.4) is 0 Å². The minimum Gasteiger partial charge on any atom is -0.336 e. The second-order valence-electron chi connectivity index (χ2n) is 5.68. The van der Waals surface area contributed by atoms with Gasteiger partial charge in [-0.3, -0.25) is 9.59 Å². The first-order valence-electron chi connectivity index (χ1n) is 7.55. The van der Waals surface area contributed by atoms with E-state index < -0.39 is 0 Å². The molecule has 4 nitrogen and oxygen atoms in total. The van der Waals surface area contributed by atoms with Crippen molar-refractivity contribution in [3.05, 3.63) is 50.1 Å². The Bertz CT molecular complexity index is 791. The fraction of sp³-hybridized carbons (Fsp3) is 0.294. The van der Waals surface area contributed by atoms with E-state index in [-0.39, 0.29) is 11.8 Å². The summed E-state index contributed by atoms with van der Waals surface area (Å²) in [5.74, 6) is -0.120. The lowest BCUT2D eigenvalue weighted by Crippen LogP contribution is -2.30. The number of carbonyl (C=O) groups excluding carboxylic acids is 2. The van der Waals surface area contributed by atoms with E-state index in [4.69, 9.17) is 23.2 Å². The molecule has 2 aromatic rings. The van der Waals surface area contributed by atoms with Crippen molar-refractivity contribution < 1.29 is 9.59 Å². The number of rotatable bonds is 4. The molecule has 0 aliphatic carbocycles. The zero-order chi connectivity index (χ0) is 17.3. The summed E-state index contributed by atoms with van der Waals surface area (Å²) in [4.78, 5) is 29.2. The first-order valence-corrected chi connectivity index (χ1v) is 9.12.